The molecule has 0 atom stereocenters. The number of aromatic hydroxyl groups is 1. The number of carbonyl (C=O) groups is 1. The molecule has 0 radical (unpaired) electrons. The van der Waals surface area contributed by atoms with Gasteiger partial charge < -0.3 is 9.84 Å². The smallest absolute Gasteiger partial charge is 0.342 e. The van der Waals surface area contributed by atoms with Crippen LogP contribution in [0.5, 0.6) is 5.75 Å². The first-order valence-corrected chi connectivity index (χ1v) is 3.54. The van der Waals surface area contributed by atoms with Crippen molar-refractivity contribution in [3.8, 4) is 5.75 Å². The van der Waals surface area contributed by atoms with E-state index in [4.69, 9.17) is 4.74 Å². The average molecular weight is 202 g/mol. The van der Waals surface area contributed by atoms with Crippen LogP contribution in [0.3, 0.4) is 0 Å². The summed E-state index contributed by atoms with van der Waals surface area (Å²) in [5.74, 6) is -0.525. The third-order valence-corrected chi connectivity index (χ3v) is 1.88. The van der Waals surface area contributed by atoms with Crippen molar-refractivity contribution in [2.45, 2.75) is 13.5 Å². The van der Waals surface area contributed by atoms with Gasteiger partial charge in [-0.1, -0.05) is 0 Å². The molecule has 70 valence electrons. The largest absolute Gasteiger partial charge is 0.505 e. The summed E-state index contributed by atoms with van der Waals surface area (Å²) in [5, 5.41) is 9.43. The van der Waals surface area contributed by atoms with Crippen molar-refractivity contribution in [1.82, 2.24) is 4.98 Å². The number of pyridine rings is 1. The van der Waals surface area contributed by atoms with Crippen LogP contribution in [-0.4, -0.2) is 16.1 Å². The Morgan fingerprint density at radius 1 is 1.62 bits per heavy atom. The molecule has 0 saturated heterocycles. The van der Waals surface area contributed by atoms with Crippen LogP contribution in [-0.2, 0) is 11.3 Å². The molecule has 5 heteroatoms. The monoisotopic (exact) mass is 201 g/mol. The van der Waals surface area contributed by atoms with Gasteiger partial charge in [-0.15, -0.1) is 12.4 Å². The van der Waals surface area contributed by atoms with Crippen LogP contribution in [0.4, 0.5) is 0 Å². The van der Waals surface area contributed by atoms with Crippen LogP contribution < -0.4 is 0 Å². The maximum Gasteiger partial charge on any atom is 0.342 e. The minimum absolute atomic E-state index is 0. The van der Waals surface area contributed by atoms with Crippen molar-refractivity contribution in [2.75, 3.05) is 0 Å². The first-order chi connectivity index (χ1) is 5.70. The van der Waals surface area contributed by atoms with Gasteiger partial charge in [0.2, 0.25) is 0 Å². The van der Waals surface area contributed by atoms with E-state index < -0.39 is 5.97 Å². The van der Waals surface area contributed by atoms with E-state index in [2.05, 4.69) is 4.98 Å². The minimum atomic E-state index is -0.465. The zero-order valence-electron chi connectivity index (χ0n) is 6.90. The van der Waals surface area contributed by atoms with Gasteiger partial charge in [0, 0.05) is 11.8 Å². The van der Waals surface area contributed by atoms with Crippen molar-refractivity contribution in [2.24, 2.45) is 0 Å². The van der Waals surface area contributed by atoms with Crippen molar-refractivity contribution >= 4 is 18.4 Å². The Morgan fingerprint density at radius 3 is 3.00 bits per heavy atom. The quantitative estimate of drug-likeness (QED) is 0.641. The van der Waals surface area contributed by atoms with E-state index in [1.807, 2.05) is 0 Å². The van der Waals surface area contributed by atoms with E-state index in [0.717, 1.165) is 0 Å². The number of nitrogens with zero attached hydrogens (tertiary/aromatic N) is 1. The van der Waals surface area contributed by atoms with E-state index in [9.17, 15) is 9.90 Å². The second-order valence-electron chi connectivity index (χ2n) is 2.67. The first kappa shape index (κ1) is 9.80. The van der Waals surface area contributed by atoms with Gasteiger partial charge in [-0.25, -0.2) is 4.79 Å². The van der Waals surface area contributed by atoms with Gasteiger partial charge in [0.05, 0.1) is 5.69 Å². The van der Waals surface area contributed by atoms with Gasteiger partial charge in [-0.2, -0.15) is 0 Å². The molecule has 2 heterocycles. The van der Waals surface area contributed by atoms with Gasteiger partial charge in [0.25, 0.3) is 0 Å². The Bertz CT molecular complexity index is 365. The van der Waals surface area contributed by atoms with Crippen LogP contribution in [0.1, 0.15) is 21.6 Å². The molecule has 0 unspecified atom stereocenters. The maximum absolute atomic E-state index is 11.0. The molecule has 0 aliphatic carbocycles. The summed E-state index contributed by atoms with van der Waals surface area (Å²) >= 11 is 0. The zero-order chi connectivity index (χ0) is 8.72. The molecule has 13 heavy (non-hydrogen) atoms. The third kappa shape index (κ3) is 1.33. The molecule has 1 aliphatic rings. The van der Waals surface area contributed by atoms with E-state index >= 15 is 0 Å². The molecular formula is C8H8ClNO3. The summed E-state index contributed by atoms with van der Waals surface area (Å²) in [6.45, 7) is 1.86. The number of halogens is 1. The number of carbonyl (C=O) groups excluding carboxylic acids is 1. The zero-order valence-corrected chi connectivity index (χ0v) is 7.72. The summed E-state index contributed by atoms with van der Waals surface area (Å²) in [7, 11) is 0. The number of ether oxygens (including phenoxy) is 1. The van der Waals surface area contributed by atoms with Crippen LogP contribution >= 0.6 is 12.4 Å². The fourth-order valence-corrected chi connectivity index (χ4v) is 1.19. The number of fused-ring (bicyclic) bond motifs is 1. The normalized spacial score (nSPS) is 13.2. The van der Waals surface area contributed by atoms with Gasteiger partial charge in [0.15, 0.2) is 5.75 Å². The predicted octanol–water partition coefficient (Wildman–Crippen LogP) is 1.19. The van der Waals surface area contributed by atoms with Crippen LogP contribution in [0.25, 0.3) is 0 Å². The molecule has 1 aliphatic heterocycles. The third-order valence-electron chi connectivity index (χ3n) is 1.88. The Labute approximate surface area is 81.0 Å². The Hall–Kier alpha value is -1.29. The van der Waals surface area contributed by atoms with Gasteiger partial charge in [-0.3, -0.25) is 4.98 Å². The van der Waals surface area contributed by atoms with E-state index in [-0.39, 0.29) is 30.3 Å². The molecule has 1 N–H and O–H groups in total. The van der Waals surface area contributed by atoms with E-state index in [1.54, 1.807) is 13.1 Å². The highest BCUT2D eigenvalue weighted by Gasteiger charge is 2.26. The lowest BCUT2D eigenvalue weighted by Crippen LogP contribution is -1.96. The maximum atomic E-state index is 11.0. The van der Waals surface area contributed by atoms with Crippen molar-refractivity contribution in [3.05, 3.63) is 23.0 Å². The van der Waals surface area contributed by atoms with Gasteiger partial charge in [-0.05, 0) is 6.92 Å². The number of esters is 1. The predicted molar refractivity (Wildman–Crippen MR) is 47.0 cm³/mol. The molecule has 1 aromatic heterocycles. The van der Waals surface area contributed by atoms with Gasteiger partial charge in [0.1, 0.15) is 12.2 Å². The number of rotatable bonds is 0. The lowest BCUT2D eigenvalue weighted by Gasteiger charge is -1.99. The summed E-state index contributed by atoms with van der Waals surface area (Å²) in [6.07, 6.45) is 1.55. The standard InChI is InChI=1S/C8H7NO3.ClH/c1-4-7(10)6-5(2-9-4)3-12-8(6)11;/h2,10H,3H2,1H3;1H. The number of cyclic esters (lactones) is 1. The second kappa shape index (κ2) is 3.22. The highest BCUT2D eigenvalue weighted by molar-refractivity contribution is 5.96. The lowest BCUT2D eigenvalue weighted by atomic mass is 10.1. The van der Waals surface area contributed by atoms with E-state index in [1.165, 1.54) is 0 Å². The van der Waals surface area contributed by atoms with Crippen LogP contribution in [0.2, 0.25) is 0 Å². The first-order valence-electron chi connectivity index (χ1n) is 3.54. The van der Waals surface area contributed by atoms with Crippen molar-refractivity contribution in [1.29, 1.82) is 0 Å². The second-order valence-corrected chi connectivity index (χ2v) is 2.67. The molecule has 2 rings (SSSR count). The Balaban J connectivity index is 0.000000845. The average Bonchev–Trinajstić information content (AvgIpc) is 2.41. The molecular weight excluding hydrogens is 194 g/mol. The minimum Gasteiger partial charge on any atom is -0.505 e. The molecule has 4 nitrogen and oxygen atoms in total. The molecule has 0 amide bonds. The number of hydrogen-bond acceptors (Lipinski definition) is 4. The van der Waals surface area contributed by atoms with Crippen molar-refractivity contribution in [3.63, 3.8) is 0 Å². The lowest BCUT2D eigenvalue weighted by molar-refractivity contribution is 0.0533. The molecule has 0 aromatic carbocycles. The summed E-state index contributed by atoms with van der Waals surface area (Å²) in [5.41, 5.74) is 1.37. The SMILES string of the molecule is Cc1ncc2c(c1O)C(=O)OC2.Cl. The van der Waals surface area contributed by atoms with Crippen LogP contribution in [0, 0.1) is 6.92 Å². The summed E-state index contributed by atoms with van der Waals surface area (Å²) in [4.78, 5) is 14.9. The summed E-state index contributed by atoms with van der Waals surface area (Å²) < 4.78 is 4.72. The fourth-order valence-electron chi connectivity index (χ4n) is 1.19. The highest BCUT2D eigenvalue weighted by Crippen LogP contribution is 2.29. The molecule has 0 spiro atoms. The Morgan fingerprint density at radius 2 is 2.31 bits per heavy atom. The number of aryl methyl sites for hydroxylation is 1. The highest BCUT2D eigenvalue weighted by atomic mass is 35.5. The topological polar surface area (TPSA) is 59.4 Å². The molecule has 0 fully saturated rings. The van der Waals surface area contributed by atoms with Crippen molar-refractivity contribution < 1.29 is 14.6 Å². The Kier molecular flexibility index (Phi) is 2.43. The molecule has 1 aromatic rings. The number of hydrogen-bond donors (Lipinski definition) is 1. The van der Waals surface area contributed by atoms with Gasteiger partial charge >= 0.3 is 5.97 Å². The van der Waals surface area contributed by atoms with E-state index in [0.29, 0.717) is 11.3 Å². The fraction of sp³-hybridized carbons (Fsp3) is 0.250. The molecule has 0 saturated carbocycles. The van der Waals surface area contributed by atoms with Crippen LogP contribution in [0.15, 0.2) is 6.20 Å². The number of aromatic nitrogens is 1. The molecule has 0 bridgehead atoms. The summed E-state index contributed by atoms with van der Waals surface area (Å²) in [6, 6.07) is 0.